The molecule has 1 N–H and O–H groups in total. The van der Waals surface area contributed by atoms with Crippen LogP contribution in [0.5, 0.6) is 0 Å². The lowest BCUT2D eigenvalue weighted by Crippen LogP contribution is -2.17. The second-order valence-corrected chi connectivity index (χ2v) is 3.33. The molecule has 12 heavy (non-hydrogen) atoms. The van der Waals surface area contributed by atoms with Crippen molar-refractivity contribution in [1.82, 2.24) is 0 Å². The lowest BCUT2D eigenvalue weighted by molar-refractivity contribution is -0.145. The molecule has 1 rings (SSSR count). The van der Waals surface area contributed by atoms with Crippen molar-refractivity contribution in [3.63, 3.8) is 0 Å². The van der Waals surface area contributed by atoms with Crippen LogP contribution in [0, 0.1) is 0 Å². The molecule has 0 spiro atoms. The predicted octanol–water partition coefficient (Wildman–Crippen LogP) is -0.354. The Morgan fingerprint density at radius 1 is 1.58 bits per heavy atom. The zero-order chi connectivity index (χ0) is 9.14. The summed E-state index contributed by atoms with van der Waals surface area (Å²) in [5.74, 6) is -2.03. The number of carbonyl (C=O) groups excluding carboxylic acids is 2. The van der Waals surface area contributed by atoms with Gasteiger partial charge in [0.1, 0.15) is 5.25 Å². The predicted molar refractivity (Wildman–Crippen MR) is 39.6 cm³/mol. The van der Waals surface area contributed by atoms with E-state index in [1.807, 2.05) is 0 Å². The number of rotatable bonds is 1. The molecule has 1 aliphatic rings. The molecule has 0 bridgehead atoms. The molecule has 1 fully saturated rings. The molecule has 0 radical (unpaired) electrons. The van der Waals surface area contributed by atoms with Crippen LogP contribution in [0.15, 0.2) is 0 Å². The van der Waals surface area contributed by atoms with Gasteiger partial charge in [-0.3, -0.25) is 9.59 Å². The molecule has 5 nitrogen and oxygen atoms in total. The number of carbonyl (C=O) groups is 3. The monoisotopic (exact) mass is 190 g/mol. The molecule has 1 atom stereocenters. The Labute approximate surface area is 72.1 Å². The maximum atomic E-state index is 10.7. The number of aliphatic carboxylic acids is 1. The highest BCUT2D eigenvalue weighted by Crippen LogP contribution is 2.22. The van der Waals surface area contributed by atoms with Gasteiger partial charge >= 0.3 is 11.9 Å². The molecule has 0 aromatic heterocycles. The van der Waals surface area contributed by atoms with Crippen molar-refractivity contribution < 1.29 is 24.2 Å². The van der Waals surface area contributed by atoms with Gasteiger partial charge in [-0.1, -0.05) is 11.8 Å². The summed E-state index contributed by atoms with van der Waals surface area (Å²) < 4.78 is 4.54. The quantitative estimate of drug-likeness (QED) is 0.449. The number of cyclic esters (lactones) is 1. The topological polar surface area (TPSA) is 80.7 Å². The molecule has 66 valence electrons. The average Bonchev–Trinajstić information content (AvgIpc) is 2.36. The van der Waals surface area contributed by atoms with Crippen LogP contribution in [0.1, 0.15) is 6.42 Å². The summed E-state index contributed by atoms with van der Waals surface area (Å²) in [6.07, 6.45) is 0.405. The summed E-state index contributed by atoms with van der Waals surface area (Å²) in [6.45, 7) is 0.267. The van der Waals surface area contributed by atoms with Crippen LogP contribution >= 0.6 is 11.8 Å². The summed E-state index contributed by atoms with van der Waals surface area (Å²) >= 11 is 0.510. The molecule has 0 aromatic rings. The van der Waals surface area contributed by atoms with E-state index < -0.39 is 22.3 Å². The zero-order valence-electron chi connectivity index (χ0n) is 5.98. The van der Waals surface area contributed by atoms with Gasteiger partial charge in [0.25, 0.3) is 5.12 Å². The lowest BCUT2D eigenvalue weighted by Gasteiger charge is -1.99. The minimum Gasteiger partial charge on any atom is -0.475 e. The summed E-state index contributed by atoms with van der Waals surface area (Å²) in [4.78, 5) is 31.4. The Morgan fingerprint density at radius 2 is 2.25 bits per heavy atom. The van der Waals surface area contributed by atoms with Gasteiger partial charge in [-0.15, -0.1) is 0 Å². The molecule has 1 saturated heterocycles. The second-order valence-electron chi connectivity index (χ2n) is 2.16. The number of esters is 1. The van der Waals surface area contributed by atoms with Crippen LogP contribution in [0.4, 0.5) is 0 Å². The Morgan fingerprint density at radius 3 is 2.67 bits per heavy atom. The fraction of sp³-hybridized carbons (Fsp3) is 0.500. The summed E-state index contributed by atoms with van der Waals surface area (Å²) in [5.41, 5.74) is 0. The van der Waals surface area contributed by atoms with E-state index >= 15 is 0 Å². The van der Waals surface area contributed by atoms with Gasteiger partial charge < -0.3 is 9.84 Å². The van der Waals surface area contributed by atoms with Gasteiger partial charge in [-0.2, -0.15) is 0 Å². The number of thioether (sulfide) groups is 1. The third-order valence-corrected chi connectivity index (χ3v) is 2.41. The van der Waals surface area contributed by atoms with Crippen LogP contribution in [0.2, 0.25) is 0 Å². The van der Waals surface area contributed by atoms with Crippen LogP contribution < -0.4 is 0 Å². The highest BCUT2D eigenvalue weighted by Gasteiger charge is 2.31. The normalized spacial score (nSPS) is 22.0. The number of carboxylic acids is 1. The van der Waals surface area contributed by atoms with Crippen LogP contribution in [-0.2, 0) is 19.1 Å². The Hall–Kier alpha value is -1.04. The summed E-state index contributed by atoms with van der Waals surface area (Å²) in [5, 5.41) is 6.56. The van der Waals surface area contributed by atoms with E-state index in [9.17, 15) is 14.4 Å². The van der Waals surface area contributed by atoms with Crippen molar-refractivity contribution in [1.29, 1.82) is 0 Å². The van der Waals surface area contributed by atoms with E-state index in [4.69, 9.17) is 5.11 Å². The van der Waals surface area contributed by atoms with Gasteiger partial charge in [0.2, 0.25) is 0 Å². The molecule has 0 aromatic carbocycles. The smallest absolute Gasteiger partial charge is 0.383 e. The first kappa shape index (κ1) is 9.05. The standard InChI is InChI=1S/C6H6O5S/c7-4(8)6(10)12-3-1-2-11-5(3)9/h3H,1-2H2,(H,7,8). The van der Waals surface area contributed by atoms with E-state index in [2.05, 4.69) is 4.74 Å². The van der Waals surface area contributed by atoms with E-state index in [1.165, 1.54) is 0 Å². The Balaban J connectivity index is 2.46. The molecule has 0 saturated carbocycles. The lowest BCUT2D eigenvalue weighted by atomic mass is 10.4. The summed E-state index contributed by atoms with van der Waals surface area (Å²) in [7, 11) is 0. The van der Waals surface area contributed by atoms with Crippen molar-refractivity contribution in [3.8, 4) is 0 Å². The fourth-order valence-corrected chi connectivity index (χ4v) is 1.50. The highest BCUT2D eigenvalue weighted by atomic mass is 32.2. The first-order valence-electron chi connectivity index (χ1n) is 3.22. The van der Waals surface area contributed by atoms with Gasteiger partial charge in [0.15, 0.2) is 0 Å². The zero-order valence-corrected chi connectivity index (χ0v) is 6.80. The highest BCUT2D eigenvalue weighted by molar-refractivity contribution is 8.16. The fourth-order valence-electron chi connectivity index (χ4n) is 0.764. The molecule has 1 heterocycles. The van der Waals surface area contributed by atoms with Crippen molar-refractivity contribution in [2.24, 2.45) is 0 Å². The summed E-state index contributed by atoms with van der Waals surface area (Å²) in [6, 6.07) is 0. The maximum Gasteiger partial charge on any atom is 0.383 e. The van der Waals surface area contributed by atoms with E-state index in [-0.39, 0.29) is 6.61 Å². The number of hydrogen-bond acceptors (Lipinski definition) is 5. The van der Waals surface area contributed by atoms with Crippen molar-refractivity contribution in [3.05, 3.63) is 0 Å². The van der Waals surface area contributed by atoms with Gasteiger partial charge in [0, 0.05) is 6.42 Å². The Bertz CT molecular complexity index is 236. The third-order valence-electron chi connectivity index (χ3n) is 1.31. The number of ether oxygens (including phenoxy) is 1. The second kappa shape index (κ2) is 3.57. The average molecular weight is 190 g/mol. The first-order chi connectivity index (χ1) is 5.61. The molecule has 6 heteroatoms. The minimum absolute atomic E-state index is 0.267. The first-order valence-corrected chi connectivity index (χ1v) is 4.10. The molecule has 0 aliphatic carbocycles. The van der Waals surface area contributed by atoms with Gasteiger partial charge in [-0.05, 0) is 0 Å². The molecule has 0 amide bonds. The molecular formula is C6H6O5S. The maximum absolute atomic E-state index is 10.7. The van der Waals surface area contributed by atoms with Crippen molar-refractivity contribution >= 4 is 28.8 Å². The number of carboxylic acid groups (broad SMARTS) is 1. The third kappa shape index (κ3) is 1.97. The van der Waals surface area contributed by atoms with E-state index in [0.29, 0.717) is 18.2 Å². The molecule has 1 aliphatic heterocycles. The van der Waals surface area contributed by atoms with Gasteiger partial charge in [-0.25, -0.2) is 4.79 Å². The molecular weight excluding hydrogens is 184 g/mol. The van der Waals surface area contributed by atoms with Crippen LogP contribution in [-0.4, -0.2) is 34.0 Å². The SMILES string of the molecule is O=C(O)C(=O)SC1CCOC1=O. The Kier molecular flexibility index (Phi) is 2.69. The van der Waals surface area contributed by atoms with E-state index in [1.54, 1.807) is 0 Å². The van der Waals surface area contributed by atoms with Crippen LogP contribution in [0.25, 0.3) is 0 Å². The van der Waals surface area contributed by atoms with Crippen LogP contribution in [0.3, 0.4) is 0 Å². The van der Waals surface area contributed by atoms with Crippen molar-refractivity contribution in [2.75, 3.05) is 6.61 Å². The van der Waals surface area contributed by atoms with E-state index in [0.717, 1.165) is 0 Å². The van der Waals surface area contributed by atoms with Gasteiger partial charge in [0.05, 0.1) is 6.61 Å². The molecule has 1 unspecified atom stereocenters. The largest absolute Gasteiger partial charge is 0.475 e. The van der Waals surface area contributed by atoms with Crippen molar-refractivity contribution in [2.45, 2.75) is 11.7 Å². The minimum atomic E-state index is -1.53. The number of hydrogen-bond donors (Lipinski definition) is 1.